The van der Waals surface area contributed by atoms with E-state index in [9.17, 15) is 4.79 Å². The number of aryl methyl sites for hydroxylation is 2. The third-order valence-corrected chi connectivity index (χ3v) is 3.72. The molecule has 0 radical (unpaired) electrons. The van der Waals surface area contributed by atoms with Crippen LogP contribution in [-0.4, -0.2) is 21.8 Å². The van der Waals surface area contributed by atoms with Gasteiger partial charge in [0.05, 0.1) is 5.69 Å². The van der Waals surface area contributed by atoms with Crippen molar-refractivity contribution in [3.63, 3.8) is 0 Å². The maximum Gasteiger partial charge on any atom is 0.270 e. The Bertz CT molecular complexity index is 768. The van der Waals surface area contributed by atoms with E-state index in [2.05, 4.69) is 29.9 Å². The van der Waals surface area contributed by atoms with Gasteiger partial charge in [0.1, 0.15) is 11.3 Å². The average molecular weight is 311 g/mol. The Kier molecular flexibility index (Phi) is 5.37. The van der Waals surface area contributed by atoms with Crippen LogP contribution in [0.15, 0.2) is 42.1 Å². The van der Waals surface area contributed by atoms with E-state index in [0.29, 0.717) is 12.2 Å². The number of nitrogens with zero attached hydrogens (tertiary/aromatic N) is 2. The van der Waals surface area contributed by atoms with E-state index in [0.717, 1.165) is 40.9 Å². The minimum Gasteiger partial charge on any atom is -0.347 e. The summed E-state index contributed by atoms with van der Waals surface area (Å²) in [6.07, 6.45) is 6.01. The molecule has 0 fully saturated rings. The molecule has 0 saturated carbocycles. The van der Waals surface area contributed by atoms with E-state index in [4.69, 9.17) is 0 Å². The first-order valence-corrected chi connectivity index (χ1v) is 8.00. The van der Waals surface area contributed by atoms with Crippen molar-refractivity contribution < 1.29 is 4.79 Å². The molecular formula is C19H25N3O. The molecule has 0 atom stereocenters. The highest BCUT2D eigenvalue weighted by Crippen LogP contribution is 2.14. The number of aromatic nitrogens is 2. The molecule has 0 aromatic carbocycles. The van der Waals surface area contributed by atoms with E-state index in [1.807, 2.05) is 43.5 Å². The third-order valence-electron chi connectivity index (χ3n) is 3.72. The van der Waals surface area contributed by atoms with Crippen LogP contribution in [0, 0.1) is 13.8 Å². The Balaban J connectivity index is 2.13. The second kappa shape index (κ2) is 7.27. The van der Waals surface area contributed by atoms with Gasteiger partial charge in [-0.15, -0.1) is 0 Å². The molecule has 1 N–H and O–H groups in total. The second-order valence-electron chi connectivity index (χ2n) is 6.06. The Morgan fingerprint density at radius 2 is 2.17 bits per heavy atom. The lowest BCUT2D eigenvalue weighted by molar-refractivity contribution is 0.0950. The third kappa shape index (κ3) is 4.09. The number of fused-ring (bicyclic) bond motifs is 1. The van der Waals surface area contributed by atoms with Crippen molar-refractivity contribution in [1.82, 2.24) is 14.7 Å². The van der Waals surface area contributed by atoms with Gasteiger partial charge in [0.2, 0.25) is 0 Å². The van der Waals surface area contributed by atoms with Crippen molar-refractivity contribution in [2.75, 3.05) is 6.54 Å². The van der Waals surface area contributed by atoms with Crippen LogP contribution in [0.1, 0.15) is 48.4 Å². The molecule has 2 aromatic rings. The van der Waals surface area contributed by atoms with Crippen LogP contribution in [0.3, 0.4) is 0 Å². The number of carbonyl (C=O) groups excluding carboxylic acids is 1. The fourth-order valence-electron chi connectivity index (χ4n) is 2.63. The lowest BCUT2D eigenvalue weighted by Crippen LogP contribution is -2.27. The summed E-state index contributed by atoms with van der Waals surface area (Å²) in [5.41, 5.74) is 5.46. The van der Waals surface area contributed by atoms with E-state index in [1.165, 1.54) is 0 Å². The SMILES string of the molecule is C=C(/C=C(\C)CNC(=O)c1c(C)nc2cc(C)ccn12)CCC. The van der Waals surface area contributed by atoms with Gasteiger partial charge in [-0.25, -0.2) is 4.98 Å². The molecule has 2 aromatic heterocycles. The fraction of sp³-hybridized carbons (Fsp3) is 0.368. The highest BCUT2D eigenvalue weighted by Gasteiger charge is 2.16. The van der Waals surface area contributed by atoms with Crippen molar-refractivity contribution in [2.24, 2.45) is 0 Å². The number of hydrogen-bond acceptors (Lipinski definition) is 2. The molecule has 0 spiro atoms. The van der Waals surface area contributed by atoms with Crippen LogP contribution in [0.2, 0.25) is 0 Å². The zero-order valence-electron chi connectivity index (χ0n) is 14.4. The summed E-state index contributed by atoms with van der Waals surface area (Å²) in [7, 11) is 0. The number of rotatable bonds is 6. The van der Waals surface area contributed by atoms with Crippen molar-refractivity contribution >= 4 is 11.6 Å². The van der Waals surface area contributed by atoms with Gasteiger partial charge in [0.15, 0.2) is 0 Å². The van der Waals surface area contributed by atoms with E-state index < -0.39 is 0 Å². The second-order valence-corrected chi connectivity index (χ2v) is 6.06. The number of hydrogen-bond donors (Lipinski definition) is 1. The fourth-order valence-corrected chi connectivity index (χ4v) is 2.63. The monoisotopic (exact) mass is 311 g/mol. The van der Waals surface area contributed by atoms with E-state index >= 15 is 0 Å². The van der Waals surface area contributed by atoms with Crippen LogP contribution in [-0.2, 0) is 0 Å². The smallest absolute Gasteiger partial charge is 0.270 e. The molecule has 4 nitrogen and oxygen atoms in total. The molecule has 122 valence electrons. The van der Waals surface area contributed by atoms with Gasteiger partial charge in [-0.3, -0.25) is 9.20 Å². The molecule has 2 heterocycles. The summed E-state index contributed by atoms with van der Waals surface area (Å²) < 4.78 is 1.84. The van der Waals surface area contributed by atoms with Crippen molar-refractivity contribution in [1.29, 1.82) is 0 Å². The van der Waals surface area contributed by atoms with Crippen molar-refractivity contribution in [3.05, 3.63) is 59.1 Å². The zero-order chi connectivity index (χ0) is 17.0. The van der Waals surface area contributed by atoms with Crippen LogP contribution < -0.4 is 5.32 Å². The number of allylic oxidation sites excluding steroid dienone is 2. The van der Waals surface area contributed by atoms with Crippen LogP contribution in [0.5, 0.6) is 0 Å². The molecule has 0 aliphatic heterocycles. The first-order chi connectivity index (χ1) is 10.9. The van der Waals surface area contributed by atoms with Gasteiger partial charge < -0.3 is 5.32 Å². The lowest BCUT2D eigenvalue weighted by Gasteiger charge is -2.07. The van der Waals surface area contributed by atoms with Crippen molar-refractivity contribution in [2.45, 2.75) is 40.5 Å². The summed E-state index contributed by atoms with van der Waals surface area (Å²) in [6, 6.07) is 3.95. The van der Waals surface area contributed by atoms with Gasteiger partial charge in [0.25, 0.3) is 5.91 Å². The van der Waals surface area contributed by atoms with E-state index in [-0.39, 0.29) is 5.91 Å². The number of nitrogens with one attached hydrogen (secondary N) is 1. The van der Waals surface area contributed by atoms with Crippen LogP contribution in [0.25, 0.3) is 5.65 Å². The van der Waals surface area contributed by atoms with Crippen LogP contribution >= 0.6 is 0 Å². The van der Waals surface area contributed by atoms with Gasteiger partial charge in [-0.05, 0) is 44.9 Å². The molecule has 0 unspecified atom stereocenters. The average Bonchev–Trinajstić information content (AvgIpc) is 2.80. The summed E-state index contributed by atoms with van der Waals surface area (Å²) in [5, 5.41) is 2.97. The van der Waals surface area contributed by atoms with Crippen molar-refractivity contribution in [3.8, 4) is 0 Å². The van der Waals surface area contributed by atoms with Gasteiger partial charge in [-0.2, -0.15) is 0 Å². The standard InChI is InChI=1S/C19H25N3O/c1-6-7-13(2)10-15(4)12-20-19(23)18-16(5)21-17-11-14(3)8-9-22(17)18/h8-11H,2,6-7,12H2,1,3-5H3,(H,20,23)/b15-10+. The Hall–Kier alpha value is -2.36. The molecule has 0 aliphatic carbocycles. The Morgan fingerprint density at radius 1 is 1.43 bits per heavy atom. The normalized spacial score (nSPS) is 11.7. The highest BCUT2D eigenvalue weighted by molar-refractivity contribution is 5.94. The van der Waals surface area contributed by atoms with Crippen LogP contribution in [0.4, 0.5) is 0 Å². The molecule has 1 amide bonds. The number of amides is 1. The quantitative estimate of drug-likeness (QED) is 0.820. The number of carbonyl (C=O) groups is 1. The summed E-state index contributed by atoms with van der Waals surface area (Å²) in [6.45, 7) is 12.6. The number of imidazole rings is 1. The largest absolute Gasteiger partial charge is 0.347 e. The van der Waals surface area contributed by atoms with Gasteiger partial charge >= 0.3 is 0 Å². The predicted octanol–water partition coefficient (Wildman–Crippen LogP) is 3.98. The van der Waals surface area contributed by atoms with Gasteiger partial charge in [-0.1, -0.05) is 37.1 Å². The van der Waals surface area contributed by atoms with E-state index in [1.54, 1.807) is 0 Å². The number of pyridine rings is 1. The summed E-state index contributed by atoms with van der Waals surface area (Å²) in [5.74, 6) is -0.104. The first kappa shape index (κ1) is 17.0. The Labute approximate surface area is 137 Å². The lowest BCUT2D eigenvalue weighted by atomic mass is 10.1. The molecule has 0 aliphatic rings. The summed E-state index contributed by atoms with van der Waals surface area (Å²) >= 11 is 0. The predicted molar refractivity (Wildman–Crippen MR) is 94.8 cm³/mol. The molecule has 23 heavy (non-hydrogen) atoms. The minimum atomic E-state index is -0.104. The molecular weight excluding hydrogens is 286 g/mol. The topological polar surface area (TPSA) is 46.4 Å². The summed E-state index contributed by atoms with van der Waals surface area (Å²) in [4.78, 5) is 17.0. The molecule has 0 saturated heterocycles. The maximum absolute atomic E-state index is 12.5. The Morgan fingerprint density at radius 3 is 2.87 bits per heavy atom. The molecule has 2 rings (SSSR count). The minimum absolute atomic E-state index is 0.104. The zero-order valence-corrected chi connectivity index (χ0v) is 14.4. The first-order valence-electron chi connectivity index (χ1n) is 8.00. The molecule has 0 bridgehead atoms. The van der Waals surface area contributed by atoms with Gasteiger partial charge in [0, 0.05) is 12.7 Å². The maximum atomic E-state index is 12.5. The molecule has 4 heteroatoms. The highest BCUT2D eigenvalue weighted by atomic mass is 16.1.